The highest BCUT2D eigenvalue weighted by Gasteiger charge is 2.36. The van der Waals surface area contributed by atoms with Gasteiger partial charge in [-0.1, -0.05) is 155 Å². The molecule has 7 aromatic rings. The molecule has 0 radical (unpaired) electrons. The molecule has 0 bridgehead atoms. The Morgan fingerprint density at radius 2 is 1.11 bits per heavy atom. The van der Waals surface area contributed by atoms with E-state index in [1.54, 1.807) is 0 Å². The van der Waals surface area contributed by atoms with Gasteiger partial charge in [0.1, 0.15) is 11.2 Å². The highest BCUT2D eigenvalue weighted by atomic mass is 16.3. The lowest BCUT2D eigenvalue weighted by atomic mass is 9.79. The van der Waals surface area contributed by atoms with Crippen LogP contribution in [0.1, 0.15) is 104 Å². The molecule has 0 saturated carbocycles. The van der Waals surface area contributed by atoms with Gasteiger partial charge in [-0.05, 0) is 103 Å². The molecule has 0 N–H and O–H groups in total. The van der Waals surface area contributed by atoms with Crippen LogP contribution in [-0.4, -0.2) is 0 Å². The Hall–Kier alpha value is -5.08. The average Bonchev–Trinajstić information content (AvgIpc) is 3.60. The van der Waals surface area contributed by atoms with Crippen LogP contribution in [0.2, 0.25) is 0 Å². The van der Waals surface area contributed by atoms with E-state index in [9.17, 15) is 0 Å². The van der Waals surface area contributed by atoms with Crippen LogP contribution in [0.15, 0.2) is 126 Å². The number of hydrogen-bond donors (Lipinski definition) is 0. The molecule has 0 unspecified atom stereocenters. The molecule has 8 rings (SSSR count). The van der Waals surface area contributed by atoms with Crippen molar-refractivity contribution in [2.45, 2.75) is 97.8 Å². The molecule has 0 amide bonds. The molecule has 1 aliphatic carbocycles. The van der Waals surface area contributed by atoms with Crippen molar-refractivity contribution in [2.24, 2.45) is 0 Å². The van der Waals surface area contributed by atoms with Crippen LogP contribution in [0, 0.1) is 0 Å². The Morgan fingerprint density at radius 3 is 1.75 bits per heavy atom. The van der Waals surface area contributed by atoms with E-state index in [1.807, 2.05) is 0 Å². The van der Waals surface area contributed by atoms with Crippen molar-refractivity contribution in [1.82, 2.24) is 0 Å². The maximum Gasteiger partial charge on any atom is 0.139 e. The molecule has 0 atom stereocenters. The number of nitrogens with zero attached hydrogens (tertiary/aromatic N) is 1. The molecule has 6 aromatic carbocycles. The van der Waals surface area contributed by atoms with Crippen LogP contribution in [0.3, 0.4) is 0 Å². The average molecular weight is 696 g/mol. The molecule has 2 nitrogen and oxygen atoms in total. The van der Waals surface area contributed by atoms with Gasteiger partial charge in [-0.15, -0.1) is 0 Å². The highest BCUT2D eigenvalue weighted by molar-refractivity contribution is 6.14. The first-order valence-corrected chi connectivity index (χ1v) is 19.2. The largest absolute Gasteiger partial charge is 0.456 e. The van der Waals surface area contributed by atoms with Gasteiger partial charge in [-0.2, -0.15) is 0 Å². The molecular formula is C51H53NO. The van der Waals surface area contributed by atoms with E-state index < -0.39 is 0 Å². The topological polar surface area (TPSA) is 16.4 Å². The fourth-order valence-electron chi connectivity index (χ4n) is 8.31. The van der Waals surface area contributed by atoms with Gasteiger partial charge in [0.25, 0.3) is 0 Å². The van der Waals surface area contributed by atoms with Gasteiger partial charge < -0.3 is 9.32 Å². The van der Waals surface area contributed by atoms with Crippen LogP contribution in [0.25, 0.3) is 44.2 Å². The quantitative estimate of drug-likeness (QED) is 0.182. The van der Waals surface area contributed by atoms with Gasteiger partial charge in [-0.3, -0.25) is 0 Å². The molecular weight excluding hydrogens is 643 g/mol. The Labute approximate surface area is 316 Å². The second-order valence-corrected chi connectivity index (χ2v) is 18.8. The summed E-state index contributed by atoms with van der Waals surface area (Å²) in [7, 11) is 0. The van der Waals surface area contributed by atoms with Crippen molar-refractivity contribution >= 4 is 39.0 Å². The van der Waals surface area contributed by atoms with Crippen LogP contribution >= 0.6 is 0 Å². The summed E-state index contributed by atoms with van der Waals surface area (Å²) < 4.78 is 6.87. The fourth-order valence-corrected chi connectivity index (χ4v) is 8.31. The Balaban J connectivity index is 1.36. The molecule has 1 aromatic heterocycles. The molecule has 0 fully saturated rings. The lowest BCUT2D eigenvalue weighted by Gasteiger charge is -2.29. The van der Waals surface area contributed by atoms with Gasteiger partial charge in [-0.25, -0.2) is 0 Å². The third-order valence-electron chi connectivity index (χ3n) is 11.5. The van der Waals surface area contributed by atoms with E-state index in [1.165, 1.54) is 55.5 Å². The van der Waals surface area contributed by atoms with Crippen molar-refractivity contribution in [3.8, 4) is 22.3 Å². The number of hydrogen-bond acceptors (Lipinski definition) is 2. The normalized spacial score (nSPS) is 14.1. The second kappa shape index (κ2) is 12.0. The highest BCUT2D eigenvalue weighted by Crippen LogP contribution is 2.52. The maximum atomic E-state index is 6.87. The third-order valence-corrected chi connectivity index (χ3v) is 11.5. The zero-order chi connectivity index (χ0) is 37.7. The molecule has 1 heterocycles. The lowest BCUT2D eigenvalue weighted by Crippen LogP contribution is -2.17. The summed E-state index contributed by atoms with van der Waals surface area (Å²) in [6.45, 7) is 25.3. The summed E-state index contributed by atoms with van der Waals surface area (Å²) in [5, 5.41) is 2.31. The van der Waals surface area contributed by atoms with Gasteiger partial charge in [0.2, 0.25) is 0 Å². The number of furan rings is 1. The summed E-state index contributed by atoms with van der Waals surface area (Å²) in [5.74, 6) is 0. The number of fused-ring (bicyclic) bond motifs is 6. The van der Waals surface area contributed by atoms with Crippen LogP contribution in [0.4, 0.5) is 17.1 Å². The lowest BCUT2D eigenvalue weighted by molar-refractivity contribution is 0.559. The summed E-state index contributed by atoms with van der Waals surface area (Å²) >= 11 is 0. The van der Waals surface area contributed by atoms with Gasteiger partial charge in [0.15, 0.2) is 0 Å². The predicted molar refractivity (Wildman–Crippen MR) is 228 cm³/mol. The monoisotopic (exact) mass is 695 g/mol. The van der Waals surface area contributed by atoms with Crippen LogP contribution in [0.5, 0.6) is 0 Å². The molecule has 53 heavy (non-hydrogen) atoms. The molecule has 0 spiro atoms. The molecule has 1 aliphatic rings. The Morgan fingerprint density at radius 1 is 0.509 bits per heavy atom. The van der Waals surface area contributed by atoms with Crippen LogP contribution < -0.4 is 4.90 Å². The molecule has 0 saturated heterocycles. The minimum atomic E-state index is -0.117. The van der Waals surface area contributed by atoms with Crippen molar-refractivity contribution in [3.63, 3.8) is 0 Å². The smallest absolute Gasteiger partial charge is 0.139 e. The fraction of sp³-hybridized carbons (Fsp3) is 0.294. The Bertz CT molecular complexity index is 2510. The zero-order valence-electron chi connectivity index (χ0n) is 33.4. The van der Waals surface area contributed by atoms with Gasteiger partial charge in [0.05, 0.1) is 11.1 Å². The molecule has 2 heteroatoms. The maximum absolute atomic E-state index is 6.87. The van der Waals surface area contributed by atoms with Gasteiger partial charge in [0, 0.05) is 27.7 Å². The van der Waals surface area contributed by atoms with Crippen molar-refractivity contribution < 1.29 is 4.42 Å². The van der Waals surface area contributed by atoms with E-state index in [4.69, 9.17) is 4.42 Å². The molecule has 268 valence electrons. The summed E-state index contributed by atoms with van der Waals surface area (Å²) in [5.41, 5.74) is 16.9. The first-order valence-electron chi connectivity index (χ1n) is 19.2. The summed E-state index contributed by atoms with van der Waals surface area (Å²) in [6.07, 6.45) is 0. The number of anilines is 3. The Kier molecular flexibility index (Phi) is 7.90. The van der Waals surface area contributed by atoms with Crippen LogP contribution in [-0.2, 0) is 21.7 Å². The van der Waals surface area contributed by atoms with Gasteiger partial charge >= 0.3 is 0 Å². The zero-order valence-corrected chi connectivity index (χ0v) is 33.4. The van der Waals surface area contributed by atoms with E-state index in [2.05, 4.69) is 202 Å². The number of rotatable bonds is 4. The third kappa shape index (κ3) is 5.88. The standard InChI is InChI=1S/C51H53NO/c1-48(2,3)34-23-19-32(20-24-34)33-21-25-36(26-22-33)52(37-27-28-39-38-15-12-13-16-41(38)51(10,11)42(39)31-37)44-17-14-18-45-46(44)40-29-35(49(4,5)6)30-43(47(40)53-45)50(7,8)9/h12-31H,1-11H3. The minimum absolute atomic E-state index is 0.0199. The van der Waals surface area contributed by atoms with E-state index in [0.29, 0.717) is 0 Å². The SMILES string of the molecule is CC(C)(C)c1ccc(-c2ccc(N(c3ccc4c(c3)C(C)(C)c3ccccc3-4)c3cccc4oc5c(C(C)(C)C)cc(C(C)(C)C)cc5c34)cc2)cc1. The molecule has 0 aliphatic heterocycles. The number of benzene rings is 6. The van der Waals surface area contributed by atoms with E-state index in [0.717, 1.165) is 33.6 Å². The minimum Gasteiger partial charge on any atom is -0.456 e. The summed E-state index contributed by atoms with van der Waals surface area (Å²) in [4.78, 5) is 2.45. The van der Waals surface area contributed by atoms with Crippen molar-refractivity contribution in [3.05, 3.63) is 149 Å². The predicted octanol–water partition coefficient (Wildman–Crippen LogP) is 14.9. The summed E-state index contributed by atoms with van der Waals surface area (Å²) in [6, 6.07) is 45.4. The first kappa shape index (κ1) is 35.0. The van der Waals surface area contributed by atoms with Crippen molar-refractivity contribution in [1.29, 1.82) is 0 Å². The van der Waals surface area contributed by atoms with E-state index >= 15 is 0 Å². The van der Waals surface area contributed by atoms with Crippen molar-refractivity contribution in [2.75, 3.05) is 4.90 Å². The first-order chi connectivity index (χ1) is 24.9. The van der Waals surface area contributed by atoms with E-state index in [-0.39, 0.29) is 21.7 Å². The second-order valence-electron chi connectivity index (χ2n) is 18.8.